The van der Waals surface area contributed by atoms with E-state index in [2.05, 4.69) is 15.3 Å². The summed E-state index contributed by atoms with van der Waals surface area (Å²) in [7, 11) is 1.82. The van der Waals surface area contributed by atoms with Crippen molar-refractivity contribution in [1.29, 1.82) is 0 Å². The summed E-state index contributed by atoms with van der Waals surface area (Å²) in [5, 5.41) is 8.49. The van der Waals surface area contributed by atoms with E-state index in [1.54, 1.807) is 10.9 Å². The fourth-order valence-corrected chi connectivity index (χ4v) is 3.56. The molecule has 3 aromatic rings. The van der Waals surface area contributed by atoms with Crippen LogP contribution < -0.4 is 0 Å². The molecule has 1 aliphatic heterocycles. The molecule has 0 aliphatic carbocycles. The zero-order chi connectivity index (χ0) is 18.4. The number of rotatable bonds is 3. The third-order valence-electron chi connectivity index (χ3n) is 4.73. The maximum atomic E-state index is 13.0. The van der Waals surface area contributed by atoms with Crippen molar-refractivity contribution >= 4 is 17.5 Å². The molecule has 0 saturated carbocycles. The number of nitrogens with zero attached hydrogens (tertiary/aromatic N) is 6. The number of carbonyl (C=O) groups excluding carboxylic acids is 1. The topological polar surface area (TPSA) is 68.8 Å². The van der Waals surface area contributed by atoms with Crippen LogP contribution in [0.1, 0.15) is 28.7 Å². The lowest BCUT2D eigenvalue weighted by molar-refractivity contribution is 0.0593. The normalized spacial score (nSPS) is 16.8. The highest BCUT2D eigenvalue weighted by molar-refractivity contribution is 6.29. The van der Waals surface area contributed by atoms with Gasteiger partial charge in [0.2, 0.25) is 0 Å². The minimum Gasteiger partial charge on any atom is -0.341 e. The summed E-state index contributed by atoms with van der Waals surface area (Å²) in [5.74, 6) is -0.00143. The van der Waals surface area contributed by atoms with Crippen molar-refractivity contribution in [2.45, 2.75) is 33.0 Å². The lowest BCUT2D eigenvalue weighted by atomic mass is 10.1. The predicted octanol–water partition coefficient (Wildman–Crippen LogP) is 2.68. The second-order valence-corrected chi connectivity index (χ2v) is 7.14. The second-order valence-electron chi connectivity index (χ2n) is 6.75. The van der Waals surface area contributed by atoms with Gasteiger partial charge in [-0.3, -0.25) is 9.48 Å². The van der Waals surface area contributed by atoms with Gasteiger partial charge in [-0.15, -0.1) is 5.10 Å². The molecule has 8 heteroatoms. The van der Waals surface area contributed by atoms with Crippen LogP contribution in [0, 0.1) is 6.92 Å². The summed E-state index contributed by atoms with van der Waals surface area (Å²) >= 11 is 6.05. The molecule has 3 aromatic heterocycles. The van der Waals surface area contributed by atoms with E-state index in [9.17, 15) is 4.79 Å². The summed E-state index contributed by atoms with van der Waals surface area (Å²) in [6.07, 6.45) is 5.60. The number of carbonyl (C=O) groups is 1. The van der Waals surface area contributed by atoms with Crippen molar-refractivity contribution in [2.24, 2.45) is 7.05 Å². The highest BCUT2D eigenvalue weighted by Gasteiger charge is 2.31. The fourth-order valence-electron chi connectivity index (χ4n) is 3.40. The first-order chi connectivity index (χ1) is 12.4. The Labute approximate surface area is 156 Å². The van der Waals surface area contributed by atoms with Crippen LogP contribution in [0.3, 0.4) is 0 Å². The van der Waals surface area contributed by atoms with E-state index in [0.29, 0.717) is 17.4 Å². The molecule has 0 N–H and O–H groups in total. The first kappa shape index (κ1) is 16.8. The summed E-state index contributed by atoms with van der Waals surface area (Å²) in [6.45, 7) is 5.22. The van der Waals surface area contributed by atoms with Crippen LogP contribution in [-0.2, 0) is 20.1 Å². The van der Waals surface area contributed by atoms with E-state index >= 15 is 0 Å². The Bertz CT molecular complexity index is 991. The highest BCUT2D eigenvalue weighted by atomic mass is 35.5. The average Bonchev–Trinajstić information content (AvgIpc) is 3.20. The van der Waals surface area contributed by atoms with Crippen molar-refractivity contribution in [3.05, 3.63) is 52.8 Å². The first-order valence-electron chi connectivity index (χ1n) is 8.41. The average molecular weight is 371 g/mol. The molecule has 134 valence electrons. The van der Waals surface area contributed by atoms with Gasteiger partial charge >= 0.3 is 0 Å². The van der Waals surface area contributed by atoms with Crippen LogP contribution in [0.2, 0.25) is 5.15 Å². The first-order valence-corrected chi connectivity index (χ1v) is 8.79. The van der Waals surface area contributed by atoms with Gasteiger partial charge in [0.05, 0.1) is 6.54 Å². The van der Waals surface area contributed by atoms with Gasteiger partial charge < -0.3 is 9.47 Å². The van der Waals surface area contributed by atoms with Crippen molar-refractivity contribution in [3.8, 4) is 11.1 Å². The number of hydrogen-bond donors (Lipinski definition) is 0. The molecule has 4 heterocycles. The van der Waals surface area contributed by atoms with Gasteiger partial charge in [0.1, 0.15) is 16.5 Å². The summed E-state index contributed by atoms with van der Waals surface area (Å²) in [5.41, 5.74) is 4.45. The lowest BCUT2D eigenvalue weighted by Crippen LogP contribution is -2.45. The highest BCUT2D eigenvalue weighted by Crippen LogP contribution is 2.30. The third kappa shape index (κ3) is 2.88. The SMILES string of the molecule is Cc1cnc(Cl)cc1-c1cc2n(c1)CC(C)N(Cc1cn(C)nn1)C2=O. The monoisotopic (exact) mass is 370 g/mol. The molecule has 1 amide bonds. The van der Waals surface area contributed by atoms with E-state index in [4.69, 9.17) is 11.6 Å². The van der Waals surface area contributed by atoms with Crippen LogP contribution in [0.15, 0.2) is 30.7 Å². The minimum absolute atomic E-state index is 0.00143. The molecule has 7 nitrogen and oxygen atoms in total. The van der Waals surface area contributed by atoms with Crippen molar-refractivity contribution < 1.29 is 4.79 Å². The van der Waals surface area contributed by atoms with Gasteiger partial charge in [0.15, 0.2) is 0 Å². The van der Waals surface area contributed by atoms with Gasteiger partial charge in [0, 0.05) is 43.8 Å². The minimum atomic E-state index is -0.00143. The molecule has 4 rings (SSSR count). The van der Waals surface area contributed by atoms with Gasteiger partial charge in [-0.1, -0.05) is 16.8 Å². The Balaban J connectivity index is 1.68. The van der Waals surface area contributed by atoms with Gasteiger partial charge in [-0.2, -0.15) is 0 Å². The van der Waals surface area contributed by atoms with E-state index in [1.165, 1.54) is 0 Å². The van der Waals surface area contributed by atoms with Gasteiger partial charge in [0.25, 0.3) is 5.91 Å². The fraction of sp³-hybridized carbons (Fsp3) is 0.333. The Morgan fingerprint density at radius 3 is 2.85 bits per heavy atom. The van der Waals surface area contributed by atoms with E-state index in [0.717, 1.165) is 28.9 Å². The number of hydrogen-bond acceptors (Lipinski definition) is 4. The molecule has 0 bridgehead atoms. The van der Waals surface area contributed by atoms with E-state index < -0.39 is 0 Å². The molecule has 0 aromatic carbocycles. The Morgan fingerprint density at radius 1 is 1.31 bits per heavy atom. The van der Waals surface area contributed by atoms with E-state index in [-0.39, 0.29) is 11.9 Å². The maximum absolute atomic E-state index is 13.0. The number of aryl methyl sites for hydroxylation is 2. The Kier molecular flexibility index (Phi) is 4.03. The molecule has 0 radical (unpaired) electrons. The number of halogens is 1. The van der Waals surface area contributed by atoms with Crippen LogP contribution in [-0.4, -0.2) is 41.4 Å². The Morgan fingerprint density at radius 2 is 2.12 bits per heavy atom. The summed E-state index contributed by atoms with van der Waals surface area (Å²) in [6, 6.07) is 3.83. The predicted molar refractivity (Wildman–Crippen MR) is 97.7 cm³/mol. The summed E-state index contributed by atoms with van der Waals surface area (Å²) < 4.78 is 3.66. The van der Waals surface area contributed by atoms with Crippen LogP contribution in [0.5, 0.6) is 0 Å². The Hall–Kier alpha value is -2.67. The van der Waals surface area contributed by atoms with Gasteiger partial charge in [-0.05, 0) is 37.1 Å². The van der Waals surface area contributed by atoms with Crippen LogP contribution in [0.25, 0.3) is 11.1 Å². The maximum Gasteiger partial charge on any atom is 0.271 e. The standard InChI is InChI=1S/C18H19ClN6O/c1-11-6-20-17(19)5-15(11)13-4-16-18(26)25(12(2)7-24(16)8-13)10-14-9-23(3)22-21-14/h4-6,8-9,12H,7,10H2,1-3H3. The number of aromatic nitrogens is 5. The number of pyridine rings is 1. The molecule has 1 atom stereocenters. The molecular formula is C18H19ClN6O. The number of fused-ring (bicyclic) bond motifs is 1. The van der Waals surface area contributed by atoms with Crippen LogP contribution >= 0.6 is 11.6 Å². The second kappa shape index (κ2) is 6.25. The largest absolute Gasteiger partial charge is 0.341 e. The summed E-state index contributed by atoms with van der Waals surface area (Å²) in [4.78, 5) is 19.0. The van der Waals surface area contributed by atoms with Crippen molar-refractivity contribution in [2.75, 3.05) is 0 Å². The lowest BCUT2D eigenvalue weighted by Gasteiger charge is -2.33. The molecule has 0 spiro atoms. The molecule has 1 aliphatic rings. The third-order valence-corrected chi connectivity index (χ3v) is 4.94. The molecule has 0 saturated heterocycles. The van der Waals surface area contributed by atoms with Crippen molar-refractivity contribution in [1.82, 2.24) is 29.4 Å². The molecule has 0 fully saturated rings. The quantitative estimate of drug-likeness (QED) is 0.665. The van der Waals surface area contributed by atoms with Gasteiger partial charge in [-0.25, -0.2) is 4.98 Å². The van der Waals surface area contributed by atoms with Crippen LogP contribution in [0.4, 0.5) is 0 Å². The van der Waals surface area contributed by atoms with Crippen molar-refractivity contribution in [3.63, 3.8) is 0 Å². The number of amides is 1. The molecular weight excluding hydrogens is 352 g/mol. The molecule has 26 heavy (non-hydrogen) atoms. The smallest absolute Gasteiger partial charge is 0.271 e. The zero-order valence-electron chi connectivity index (χ0n) is 14.8. The van der Waals surface area contributed by atoms with E-state index in [1.807, 2.05) is 54.9 Å². The zero-order valence-corrected chi connectivity index (χ0v) is 15.6. The molecule has 1 unspecified atom stereocenters.